The van der Waals surface area contributed by atoms with Crippen molar-refractivity contribution in [1.82, 2.24) is 14.8 Å². The lowest BCUT2D eigenvalue weighted by Gasteiger charge is -2.39. The van der Waals surface area contributed by atoms with Gasteiger partial charge in [0, 0.05) is 42.7 Å². The molecule has 1 aromatic heterocycles. The van der Waals surface area contributed by atoms with E-state index in [1.165, 1.54) is 19.3 Å². The first-order valence-corrected chi connectivity index (χ1v) is 11.9. The van der Waals surface area contributed by atoms with E-state index >= 15 is 0 Å². The molecule has 1 aromatic carbocycles. The van der Waals surface area contributed by atoms with Crippen LogP contribution in [0.4, 0.5) is 0 Å². The third-order valence-electron chi connectivity index (χ3n) is 6.93. The van der Waals surface area contributed by atoms with Crippen molar-refractivity contribution in [2.45, 2.75) is 76.9 Å². The van der Waals surface area contributed by atoms with Gasteiger partial charge < -0.3 is 20.5 Å². The molecule has 6 nitrogen and oxygen atoms in total. The van der Waals surface area contributed by atoms with E-state index in [2.05, 4.69) is 22.0 Å². The fraction of sp³-hybridized carbons (Fsp3) is 0.600. The molecule has 1 aliphatic heterocycles. The molecule has 2 heterocycles. The number of amides is 2. The lowest BCUT2D eigenvalue weighted by atomic mass is 9.92. The minimum atomic E-state index is -0.573. The number of hydrogen-bond acceptors (Lipinski definition) is 3. The highest BCUT2D eigenvalue weighted by Gasteiger charge is 2.38. The van der Waals surface area contributed by atoms with Crippen LogP contribution in [0, 0.1) is 5.92 Å². The van der Waals surface area contributed by atoms with Crippen LogP contribution < -0.4 is 5.73 Å². The highest BCUT2D eigenvalue weighted by molar-refractivity contribution is 5.84. The molecule has 2 amide bonds. The highest BCUT2D eigenvalue weighted by atomic mass is 16.2. The molecule has 31 heavy (non-hydrogen) atoms. The molecular formula is C25H36N4O2. The summed E-state index contributed by atoms with van der Waals surface area (Å²) in [7, 11) is 0. The third kappa shape index (κ3) is 4.79. The van der Waals surface area contributed by atoms with Crippen molar-refractivity contribution >= 4 is 22.7 Å². The van der Waals surface area contributed by atoms with E-state index in [-0.39, 0.29) is 23.8 Å². The van der Waals surface area contributed by atoms with Gasteiger partial charge in [0.05, 0.1) is 12.1 Å². The summed E-state index contributed by atoms with van der Waals surface area (Å²) in [5.41, 5.74) is 8.38. The maximum atomic E-state index is 13.1. The van der Waals surface area contributed by atoms with Gasteiger partial charge in [0.1, 0.15) is 0 Å². The first kappa shape index (κ1) is 21.9. The number of H-pyrrole nitrogens is 1. The smallest absolute Gasteiger partial charge is 0.239 e. The van der Waals surface area contributed by atoms with Crippen LogP contribution in [0.1, 0.15) is 58.1 Å². The van der Waals surface area contributed by atoms with Gasteiger partial charge in [0.25, 0.3) is 0 Å². The average molecular weight is 425 g/mol. The highest BCUT2D eigenvalue weighted by Crippen LogP contribution is 2.29. The Hall–Kier alpha value is -2.34. The molecule has 0 radical (unpaired) electrons. The Morgan fingerprint density at radius 2 is 1.87 bits per heavy atom. The number of hydrogen-bond donors (Lipinski definition) is 2. The summed E-state index contributed by atoms with van der Waals surface area (Å²) in [6.07, 6.45) is 7.16. The molecular weight excluding hydrogens is 388 g/mol. The van der Waals surface area contributed by atoms with Gasteiger partial charge in [-0.05, 0) is 36.8 Å². The van der Waals surface area contributed by atoms with Crippen molar-refractivity contribution in [2.75, 3.05) is 13.1 Å². The quantitative estimate of drug-likeness (QED) is 0.745. The molecule has 0 spiro atoms. The Kier molecular flexibility index (Phi) is 6.65. The molecule has 6 heteroatoms. The second-order valence-corrected chi connectivity index (χ2v) is 9.61. The van der Waals surface area contributed by atoms with E-state index in [1.807, 2.05) is 36.9 Å². The number of likely N-dealkylation sites (tertiary alicyclic amines) is 1. The van der Waals surface area contributed by atoms with Gasteiger partial charge in [-0.15, -0.1) is 0 Å². The van der Waals surface area contributed by atoms with Crippen LogP contribution >= 0.6 is 0 Å². The second-order valence-electron chi connectivity index (χ2n) is 9.61. The molecule has 1 saturated heterocycles. The Bertz CT molecular complexity index is 882. The van der Waals surface area contributed by atoms with Crippen LogP contribution in [0.3, 0.4) is 0 Å². The molecule has 2 unspecified atom stereocenters. The Morgan fingerprint density at radius 1 is 1.13 bits per heavy atom. The predicted molar refractivity (Wildman–Crippen MR) is 124 cm³/mol. The van der Waals surface area contributed by atoms with Crippen molar-refractivity contribution in [3.63, 3.8) is 0 Å². The first-order chi connectivity index (χ1) is 14.9. The Balaban J connectivity index is 1.40. The molecule has 1 saturated carbocycles. The normalized spacial score (nSPS) is 21.0. The summed E-state index contributed by atoms with van der Waals surface area (Å²) >= 11 is 0. The standard InChI is InChI=1S/C25H36N4O2/c1-17(2)24(30)29(20-9-4-3-5-10-20)21-12-13-28(16-21)25(31)22(26)15-19-14-18-8-6-7-11-23(18)27-19/h6-8,11,14,17,20-22,27H,3-5,9-10,12-13,15-16,26H2,1-2H3. The molecule has 168 valence electrons. The van der Waals surface area contributed by atoms with Gasteiger partial charge in [0.2, 0.25) is 11.8 Å². The van der Waals surface area contributed by atoms with Crippen LogP contribution in [0.25, 0.3) is 10.9 Å². The number of aromatic amines is 1. The number of nitrogens with one attached hydrogen (secondary N) is 1. The van der Waals surface area contributed by atoms with Gasteiger partial charge in [-0.25, -0.2) is 0 Å². The van der Waals surface area contributed by atoms with Gasteiger partial charge in [0.15, 0.2) is 0 Å². The second kappa shape index (κ2) is 9.43. The largest absolute Gasteiger partial charge is 0.358 e. The predicted octanol–water partition coefficient (Wildman–Crippen LogP) is 3.46. The van der Waals surface area contributed by atoms with E-state index in [1.54, 1.807) is 0 Å². The number of nitrogens with two attached hydrogens (primary N) is 1. The summed E-state index contributed by atoms with van der Waals surface area (Å²) in [4.78, 5) is 33.5. The SMILES string of the molecule is CC(C)C(=O)N(C1CCCCC1)C1CCN(C(=O)C(N)Cc2cc3ccccc3[nH]2)C1. The fourth-order valence-electron chi connectivity index (χ4n) is 5.29. The summed E-state index contributed by atoms with van der Waals surface area (Å²) in [6.45, 7) is 5.24. The number of aromatic nitrogens is 1. The summed E-state index contributed by atoms with van der Waals surface area (Å²) in [5, 5.41) is 1.13. The van der Waals surface area contributed by atoms with E-state index in [4.69, 9.17) is 5.73 Å². The molecule has 2 fully saturated rings. The summed E-state index contributed by atoms with van der Waals surface area (Å²) in [6, 6.07) is 10.0. The zero-order valence-electron chi connectivity index (χ0n) is 18.8. The average Bonchev–Trinajstić information content (AvgIpc) is 3.40. The van der Waals surface area contributed by atoms with E-state index in [0.717, 1.165) is 35.9 Å². The van der Waals surface area contributed by atoms with Gasteiger partial charge in [-0.2, -0.15) is 0 Å². The number of carbonyl (C=O) groups is 2. The maximum absolute atomic E-state index is 13.1. The van der Waals surface area contributed by atoms with Crippen LogP contribution in [0.2, 0.25) is 0 Å². The van der Waals surface area contributed by atoms with Crippen molar-refractivity contribution in [1.29, 1.82) is 0 Å². The van der Waals surface area contributed by atoms with Crippen molar-refractivity contribution < 1.29 is 9.59 Å². The Morgan fingerprint density at radius 3 is 2.58 bits per heavy atom. The molecule has 0 bridgehead atoms. The van der Waals surface area contributed by atoms with E-state index in [9.17, 15) is 9.59 Å². The number of benzene rings is 1. The first-order valence-electron chi connectivity index (χ1n) is 11.9. The number of fused-ring (bicyclic) bond motifs is 1. The topological polar surface area (TPSA) is 82.4 Å². The third-order valence-corrected chi connectivity index (χ3v) is 6.93. The minimum absolute atomic E-state index is 0.0123. The Labute approximate surface area is 185 Å². The molecule has 2 aromatic rings. The molecule has 1 aliphatic carbocycles. The molecule has 3 N–H and O–H groups in total. The van der Waals surface area contributed by atoms with Crippen LogP contribution in [0.15, 0.2) is 30.3 Å². The van der Waals surface area contributed by atoms with Crippen molar-refractivity contribution in [3.8, 4) is 0 Å². The number of nitrogens with zero attached hydrogens (tertiary/aromatic N) is 2. The number of para-hydroxylation sites is 1. The monoisotopic (exact) mass is 424 g/mol. The van der Waals surface area contributed by atoms with Gasteiger partial charge in [-0.1, -0.05) is 51.3 Å². The number of rotatable bonds is 6. The lowest BCUT2D eigenvalue weighted by Crippen LogP contribution is -2.51. The van der Waals surface area contributed by atoms with Crippen molar-refractivity contribution in [2.24, 2.45) is 11.7 Å². The number of carbonyl (C=O) groups excluding carboxylic acids is 2. The van der Waals surface area contributed by atoms with E-state index in [0.29, 0.717) is 25.6 Å². The van der Waals surface area contributed by atoms with Gasteiger partial charge >= 0.3 is 0 Å². The zero-order chi connectivity index (χ0) is 22.0. The van der Waals surface area contributed by atoms with Crippen molar-refractivity contribution in [3.05, 3.63) is 36.0 Å². The fourth-order valence-corrected chi connectivity index (χ4v) is 5.29. The summed E-state index contributed by atoms with van der Waals surface area (Å²) < 4.78 is 0. The molecule has 2 atom stereocenters. The van der Waals surface area contributed by atoms with E-state index < -0.39 is 6.04 Å². The maximum Gasteiger partial charge on any atom is 0.239 e. The lowest BCUT2D eigenvalue weighted by molar-refractivity contribution is -0.141. The van der Waals surface area contributed by atoms with Crippen LogP contribution in [-0.4, -0.2) is 57.8 Å². The van der Waals surface area contributed by atoms with Gasteiger partial charge in [-0.3, -0.25) is 9.59 Å². The zero-order valence-corrected chi connectivity index (χ0v) is 18.8. The summed E-state index contributed by atoms with van der Waals surface area (Å²) in [5.74, 6) is 0.200. The van der Waals surface area contributed by atoms with Crippen LogP contribution in [-0.2, 0) is 16.0 Å². The van der Waals surface area contributed by atoms with Crippen LogP contribution in [0.5, 0.6) is 0 Å². The molecule has 2 aliphatic rings. The minimum Gasteiger partial charge on any atom is -0.358 e. The molecule has 4 rings (SSSR count).